The minimum absolute atomic E-state index is 0.104. The number of amides is 2. The molecule has 20 heavy (non-hydrogen) atoms. The Morgan fingerprint density at radius 1 is 0.900 bits per heavy atom. The van der Waals surface area contributed by atoms with E-state index >= 15 is 0 Å². The Kier molecular flexibility index (Phi) is 12.2. The van der Waals surface area contributed by atoms with E-state index in [-0.39, 0.29) is 11.8 Å². The topological polar surface area (TPSA) is 151 Å². The Morgan fingerprint density at radius 2 is 1.15 bits per heavy atom. The highest BCUT2D eigenvalue weighted by Crippen LogP contribution is 2.04. The van der Waals surface area contributed by atoms with Crippen LogP contribution in [-0.2, 0) is 9.59 Å². The van der Waals surface area contributed by atoms with Crippen molar-refractivity contribution in [3.05, 3.63) is 0 Å². The van der Waals surface area contributed by atoms with Crippen LogP contribution in [0.1, 0.15) is 40.5 Å². The standard InChI is InChI=1S/2C6H14N2O2/c2*1-3-4(2)5(7)6(9)8-10/h2*4-5,10H,3,7H2,1-2H3,(H,8,9)/t2*4-,5-/m00/s1. The Morgan fingerprint density at radius 3 is 1.30 bits per heavy atom. The van der Waals surface area contributed by atoms with Crippen molar-refractivity contribution in [1.82, 2.24) is 11.0 Å². The minimum Gasteiger partial charge on any atom is -0.320 e. The van der Waals surface area contributed by atoms with Crippen molar-refractivity contribution < 1.29 is 20.0 Å². The summed E-state index contributed by atoms with van der Waals surface area (Å²) in [6.07, 6.45) is 1.66. The molecule has 8 heteroatoms. The van der Waals surface area contributed by atoms with Gasteiger partial charge in [-0.1, -0.05) is 40.5 Å². The van der Waals surface area contributed by atoms with Crippen molar-refractivity contribution in [2.75, 3.05) is 0 Å². The molecule has 0 aromatic carbocycles. The molecule has 0 aliphatic carbocycles. The molecule has 8 N–H and O–H groups in total. The van der Waals surface area contributed by atoms with Crippen LogP contribution in [0.15, 0.2) is 0 Å². The van der Waals surface area contributed by atoms with Gasteiger partial charge in [0.1, 0.15) is 0 Å². The number of hydrogen-bond donors (Lipinski definition) is 6. The number of nitrogens with one attached hydrogen (secondary N) is 2. The fourth-order valence-electron chi connectivity index (χ4n) is 1.17. The second-order valence-electron chi connectivity index (χ2n) is 4.77. The Hall–Kier alpha value is -1.22. The van der Waals surface area contributed by atoms with Crippen molar-refractivity contribution >= 4 is 11.8 Å². The third-order valence-electron chi connectivity index (χ3n) is 3.34. The van der Waals surface area contributed by atoms with Gasteiger partial charge in [-0.25, -0.2) is 11.0 Å². The van der Waals surface area contributed by atoms with Crippen molar-refractivity contribution in [3.8, 4) is 0 Å². The fourth-order valence-corrected chi connectivity index (χ4v) is 1.17. The van der Waals surface area contributed by atoms with E-state index in [4.69, 9.17) is 21.9 Å². The molecule has 4 atom stereocenters. The smallest absolute Gasteiger partial charge is 0.260 e. The molecular formula is C12H28N4O4. The van der Waals surface area contributed by atoms with Crippen LogP contribution in [0.3, 0.4) is 0 Å². The second-order valence-corrected chi connectivity index (χ2v) is 4.77. The van der Waals surface area contributed by atoms with Crippen LogP contribution >= 0.6 is 0 Å². The first-order valence-corrected chi connectivity index (χ1v) is 6.65. The zero-order chi connectivity index (χ0) is 16.3. The van der Waals surface area contributed by atoms with Crippen LogP contribution in [0.25, 0.3) is 0 Å². The molecule has 120 valence electrons. The van der Waals surface area contributed by atoms with Crippen molar-refractivity contribution in [2.24, 2.45) is 23.3 Å². The van der Waals surface area contributed by atoms with Crippen molar-refractivity contribution in [2.45, 2.75) is 52.6 Å². The van der Waals surface area contributed by atoms with E-state index in [9.17, 15) is 9.59 Å². The molecule has 0 bridgehead atoms. The molecule has 0 heterocycles. The Balaban J connectivity index is 0. The molecular weight excluding hydrogens is 264 g/mol. The number of rotatable bonds is 6. The van der Waals surface area contributed by atoms with E-state index in [0.717, 1.165) is 12.8 Å². The van der Waals surface area contributed by atoms with Gasteiger partial charge in [-0.15, -0.1) is 0 Å². The highest BCUT2D eigenvalue weighted by atomic mass is 16.5. The van der Waals surface area contributed by atoms with E-state index in [2.05, 4.69) is 0 Å². The predicted molar refractivity (Wildman–Crippen MR) is 74.7 cm³/mol. The quantitative estimate of drug-likeness (QED) is 0.293. The molecule has 0 rings (SSSR count). The highest BCUT2D eigenvalue weighted by Gasteiger charge is 2.18. The second kappa shape index (κ2) is 11.6. The monoisotopic (exact) mass is 292 g/mol. The lowest BCUT2D eigenvalue weighted by molar-refractivity contribution is -0.132. The highest BCUT2D eigenvalue weighted by molar-refractivity contribution is 5.80. The normalized spacial score (nSPS) is 16.0. The van der Waals surface area contributed by atoms with Gasteiger partial charge in [0.15, 0.2) is 0 Å². The first-order chi connectivity index (χ1) is 9.26. The fraction of sp³-hybridized carbons (Fsp3) is 0.833. The number of hydroxylamine groups is 2. The predicted octanol–water partition coefficient (Wildman–Crippen LogP) is -0.270. The van der Waals surface area contributed by atoms with Crippen LogP contribution in [0.5, 0.6) is 0 Å². The molecule has 0 saturated carbocycles. The molecule has 2 amide bonds. The van der Waals surface area contributed by atoms with Crippen LogP contribution in [0.2, 0.25) is 0 Å². The summed E-state index contributed by atoms with van der Waals surface area (Å²) in [5.74, 6) is -0.831. The van der Waals surface area contributed by atoms with Gasteiger partial charge in [0.2, 0.25) is 0 Å². The summed E-state index contributed by atoms with van der Waals surface area (Å²) in [5, 5.41) is 16.3. The first kappa shape index (κ1) is 21.1. The summed E-state index contributed by atoms with van der Waals surface area (Å²) < 4.78 is 0. The third kappa shape index (κ3) is 8.05. The Bertz CT molecular complexity index is 261. The maximum atomic E-state index is 10.6. The molecule has 0 fully saturated rings. The summed E-state index contributed by atoms with van der Waals surface area (Å²) in [5.41, 5.74) is 13.9. The lowest BCUT2D eigenvalue weighted by Gasteiger charge is -2.14. The summed E-state index contributed by atoms with van der Waals surface area (Å²) in [6.45, 7) is 7.60. The maximum Gasteiger partial charge on any atom is 0.260 e. The van der Waals surface area contributed by atoms with Gasteiger partial charge in [0, 0.05) is 0 Å². The van der Waals surface area contributed by atoms with Gasteiger partial charge in [0.05, 0.1) is 12.1 Å². The van der Waals surface area contributed by atoms with Gasteiger partial charge in [-0.05, 0) is 11.8 Å². The van der Waals surface area contributed by atoms with Crippen LogP contribution in [0.4, 0.5) is 0 Å². The van der Waals surface area contributed by atoms with Crippen molar-refractivity contribution in [3.63, 3.8) is 0 Å². The molecule has 0 saturated heterocycles. The molecule has 0 unspecified atom stereocenters. The zero-order valence-corrected chi connectivity index (χ0v) is 12.6. The zero-order valence-electron chi connectivity index (χ0n) is 12.6. The maximum absolute atomic E-state index is 10.6. The SMILES string of the molecule is CC[C@H](C)[C@H](N)C(=O)NO.CC[C@H](C)[C@H](N)C(=O)NO. The number of nitrogens with two attached hydrogens (primary N) is 2. The Labute approximate surface area is 119 Å². The lowest BCUT2D eigenvalue weighted by atomic mass is 10.00. The van der Waals surface area contributed by atoms with Gasteiger partial charge in [-0.2, -0.15) is 0 Å². The van der Waals surface area contributed by atoms with Gasteiger partial charge in [-0.3, -0.25) is 20.0 Å². The first-order valence-electron chi connectivity index (χ1n) is 6.65. The number of carbonyl (C=O) groups excluding carboxylic acids is 2. The number of carbonyl (C=O) groups is 2. The van der Waals surface area contributed by atoms with Crippen LogP contribution < -0.4 is 22.4 Å². The van der Waals surface area contributed by atoms with E-state index in [0.29, 0.717) is 0 Å². The molecule has 0 aromatic rings. The van der Waals surface area contributed by atoms with E-state index < -0.39 is 23.9 Å². The summed E-state index contributed by atoms with van der Waals surface area (Å²) in [7, 11) is 0. The average Bonchev–Trinajstić information content (AvgIpc) is 2.50. The number of hydrogen-bond acceptors (Lipinski definition) is 6. The summed E-state index contributed by atoms with van der Waals surface area (Å²) >= 11 is 0. The van der Waals surface area contributed by atoms with E-state index in [1.54, 1.807) is 0 Å². The van der Waals surface area contributed by atoms with E-state index in [1.165, 1.54) is 11.0 Å². The minimum atomic E-state index is -0.602. The van der Waals surface area contributed by atoms with Crippen LogP contribution in [0, 0.1) is 11.8 Å². The molecule has 0 radical (unpaired) electrons. The van der Waals surface area contributed by atoms with Gasteiger partial charge >= 0.3 is 0 Å². The molecule has 0 aliphatic heterocycles. The molecule has 8 nitrogen and oxygen atoms in total. The summed E-state index contributed by atoms with van der Waals surface area (Å²) in [6, 6.07) is -1.20. The molecule has 0 aliphatic rings. The van der Waals surface area contributed by atoms with E-state index in [1.807, 2.05) is 27.7 Å². The van der Waals surface area contributed by atoms with Gasteiger partial charge < -0.3 is 11.5 Å². The van der Waals surface area contributed by atoms with Crippen LogP contribution in [-0.4, -0.2) is 34.3 Å². The lowest BCUT2D eigenvalue weighted by Crippen LogP contribution is -2.43. The summed E-state index contributed by atoms with van der Waals surface area (Å²) in [4.78, 5) is 21.3. The van der Waals surface area contributed by atoms with Gasteiger partial charge in [0.25, 0.3) is 11.8 Å². The third-order valence-corrected chi connectivity index (χ3v) is 3.34. The molecule has 0 aromatic heterocycles. The largest absolute Gasteiger partial charge is 0.320 e. The molecule has 0 spiro atoms. The average molecular weight is 292 g/mol. The van der Waals surface area contributed by atoms with Crippen molar-refractivity contribution in [1.29, 1.82) is 0 Å².